The highest BCUT2D eigenvalue weighted by Crippen LogP contribution is 2.32. The monoisotopic (exact) mass is 287 g/mol. The summed E-state index contributed by atoms with van der Waals surface area (Å²) in [7, 11) is 0. The maximum absolute atomic E-state index is 11.9. The second-order valence-electron chi connectivity index (χ2n) is 4.04. The number of carboxylic acids is 1. The van der Waals surface area contributed by atoms with Gasteiger partial charge in [0.25, 0.3) is 0 Å². The van der Waals surface area contributed by atoms with Crippen LogP contribution in [0.3, 0.4) is 0 Å². The highest BCUT2D eigenvalue weighted by Gasteiger charge is 2.35. The zero-order chi connectivity index (χ0) is 14.6. The van der Waals surface area contributed by atoms with Crippen LogP contribution in [0.1, 0.15) is 27.2 Å². The zero-order valence-corrected chi connectivity index (χ0v) is 12.0. The van der Waals surface area contributed by atoms with Gasteiger partial charge in [0, 0.05) is 6.54 Å². The maximum atomic E-state index is 11.9. The number of rotatable bonds is 5. The Hall–Kier alpha value is -1.50. The lowest BCUT2D eigenvalue weighted by atomic mass is 10.2. The lowest BCUT2D eigenvalue weighted by Gasteiger charge is -2.17. The van der Waals surface area contributed by atoms with Crippen molar-refractivity contribution in [3.05, 3.63) is 10.6 Å². The van der Waals surface area contributed by atoms with Gasteiger partial charge in [-0.1, -0.05) is 18.7 Å². The van der Waals surface area contributed by atoms with E-state index in [0.717, 1.165) is 11.8 Å². The fraction of sp³-hybridized carbons (Fsp3) is 0.583. The molecule has 1 rings (SSSR count). The summed E-state index contributed by atoms with van der Waals surface area (Å²) in [4.78, 5) is 36.0. The Morgan fingerprint density at radius 3 is 2.58 bits per heavy atom. The number of carbonyl (C=O) groups excluding carboxylic acids is 2. The number of nitrogens with zero attached hydrogens (tertiary/aromatic N) is 1. The lowest BCUT2D eigenvalue weighted by Crippen LogP contribution is -2.29. The van der Waals surface area contributed by atoms with Crippen LogP contribution in [0.25, 0.3) is 0 Å². The third-order valence-corrected chi connectivity index (χ3v) is 3.80. The molecule has 0 aromatic rings. The first-order valence-electron chi connectivity index (χ1n) is 6.04. The normalized spacial score (nSPS) is 19.3. The quantitative estimate of drug-likeness (QED) is 0.354. The molecule has 0 spiro atoms. The molecule has 0 aromatic heterocycles. The summed E-state index contributed by atoms with van der Waals surface area (Å²) < 4.78 is 5.03. The van der Waals surface area contributed by atoms with Crippen LogP contribution in [-0.2, 0) is 19.1 Å². The van der Waals surface area contributed by atoms with Crippen LogP contribution >= 0.6 is 11.8 Å². The Bertz CT molecular complexity index is 432. The van der Waals surface area contributed by atoms with Gasteiger partial charge in [-0.15, -0.1) is 0 Å². The molecule has 1 saturated heterocycles. The van der Waals surface area contributed by atoms with E-state index in [0.29, 0.717) is 13.0 Å². The maximum Gasteiger partial charge on any atom is 0.348 e. The van der Waals surface area contributed by atoms with Gasteiger partial charge in [-0.3, -0.25) is 4.79 Å². The number of thioether (sulfide) groups is 1. The van der Waals surface area contributed by atoms with Crippen molar-refractivity contribution in [2.75, 3.05) is 12.3 Å². The predicted octanol–water partition coefficient (Wildman–Crippen LogP) is 1.22. The minimum atomic E-state index is -1.37. The van der Waals surface area contributed by atoms with Crippen LogP contribution in [0.15, 0.2) is 10.6 Å². The van der Waals surface area contributed by atoms with Gasteiger partial charge in [0.15, 0.2) is 5.57 Å². The highest BCUT2D eigenvalue weighted by atomic mass is 32.2. The fourth-order valence-corrected chi connectivity index (χ4v) is 2.64. The van der Waals surface area contributed by atoms with Gasteiger partial charge >= 0.3 is 11.9 Å². The number of amides is 1. The summed E-state index contributed by atoms with van der Waals surface area (Å²) in [6.45, 7) is 5.57. The lowest BCUT2D eigenvalue weighted by molar-refractivity contribution is -0.147. The summed E-state index contributed by atoms with van der Waals surface area (Å²) in [6.07, 6.45) is 0.233. The van der Waals surface area contributed by atoms with Crippen molar-refractivity contribution in [2.45, 2.75) is 33.3 Å². The number of carbonyl (C=O) groups is 3. The van der Waals surface area contributed by atoms with Crippen molar-refractivity contribution in [1.29, 1.82) is 0 Å². The number of ether oxygens (including phenoxy) is 1. The van der Waals surface area contributed by atoms with E-state index in [1.165, 1.54) is 4.90 Å². The molecule has 7 heteroatoms. The first-order valence-corrected chi connectivity index (χ1v) is 7.02. The Balaban J connectivity index is 3.09. The molecule has 1 heterocycles. The average Bonchev–Trinajstić information content (AvgIpc) is 2.69. The van der Waals surface area contributed by atoms with Crippen molar-refractivity contribution in [1.82, 2.24) is 4.90 Å². The Kier molecular flexibility index (Phi) is 5.41. The molecule has 1 fully saturated rings. The van der Waals surface area contributed by atoms with E-state index in [2.05, 4.69) is 0 Å². The summed E-state index contributed by atoms with van der Waals surface area (Å²) in [5.74, 6) is -2.31. The first kappa shape index (κ1) is 15.6. The van der Waals surface area contributed by atoms with Crippen LogP contribution in [0.4, 0.5) is 0 Å². The molecule has 6 nitrogen and oxygen atoms in total. The molecule has 1 aliphatic heterocycles. The minimum Gasteiger partial charge on any atom is -0.477 e. The number of hydrogen-bond donors (Lipinski definition) is 1. The van der Waals surface area contributed by atoms with E-state index >= 15 is 0 Å². The fourth-order valence-electron chi connectivity index (χ4n) is 1.52. The van der Waals surface area contributed by atoms with Crippen molar-refractivity contribution < 1.29 is 24.2 Å². The molecule has 0 bridgehead atoms. The standard InChI is InChI=1S/C12H17NO5S/c1-4-7(3)18-12(17)9(11(15)16)10-13(5-2)8(14)6-19-10/h7H,4-6H2,1-3H3,(H,15,16). The molecular formula is C12H17NO5S. The molecule has 19 heavy (non-hydrogen) atoms. The SMILES string of the molecule is CCC(C)OC(=O)C(C(=O)O)=C1SCC(=O)N1CC. The van der Waals surface area contributed by atoms with Crippen molar-refractivity contribution in [3.8, 4) is 0 Å². The molecule has 1 atom stereocenters. The van der Waals surface area contributed by atoms with Crippen molar-refractivity contribution in [2.24, 2.45) is 0 Å². The molecule has 1 aliphatic rings. The van der Waals surface area contributed by atoms with Crippen LogP contribution in [0, 0.1) is 0 Å². The molecule has 106 valence electrons. The topological polar surface area (TPSA) is 83.9 Å². The molecule has 0 aromatic carbocycles. The number of carboxylic acid groups (broad SMARTS) is 1. The molecule has 0 saturated carbocycles. The van der Waals surface area contributed by atoms with Gasteiger partial charge in [-0.05, 0) is 20.3 Å². The van der Waals surface area contributed by atoms with E-state index in [1.807, 2.05) is 6.92 Å². The third kappa shape index (κ3) is 3.50. The summed E-state index contributed by atoms with van der Waals surface area (Å²) in [5.41, 5.74) is -0.460. The molecule has 1 N–H and O–H groups in total. The van der Waals surface area contributed by atoms with E-state index in [1.54, 1.807) is 13.8 Å². The summed E-state index contributed by atoms with van der Waals surface area (Å²) in [6, 6.07) is 0. The molecule has 1 unspecified atom stereocenters. The van der Waals surface area contributed by atoms with E-state index in [4.69, 9.17) is 4.74 Å². The summed E-state index contributed by atoms with van der Waals surface area (Å²) >= 11 is 1.06. The Morgan fingerprint density at radius 1 is 1.47 bits per heavy atom. The first-order chi connectivity index (χ1) is 8.92. The second-order valence-corrected chi connectivity index (χ2v) is 5.00. The minimum absolute atomic E-state index is 0.149. The predicted molar refractivity (Wildman–Crippen MR) is 70.4 cm³/mol. The Morgan fingerprint density at radius 2 is 2.11 bits per heavy atom. The molecule has 1 amide bonds. The largest absolute Gasteiger partial charge is 0.477 e. The van der Waals surface area contributed by atoms with Gasteiger partial charge in [0.05, 0.1) is 11.9 Å². The van der Waals surface area contributed by atoms with Crippen LogP contribution in [0.2, 0.25) is 0 Å². The van der Waals surface area contributed by atoms with Gasteiger partial charge < -0.3 is 14.7 Å². The van der Waals surface area contributed by atoms with E-state index < -0.39 is 17.5 Å². The summed E-state index contributed by atoms with van der Waals surface area (Å²) in [5, 5.41) is 9.35. The number of esters is 1. The van der Waals surface area contributed by atoms with Crippen LogP contribution < -0.4 is 0 Å². The van der Waals surface area contributed by atoms with Gasteiger partial charge in [-0.25, -0.2) is 9.59 Å². The van der Waals surface area contributed by atoms with Crippen LogP contribution in [-0.4, -0.2) is 46.3 Å². The number of aliphatic carboxylic acids is 1. The van der Waals surface area contributed by atoms with Gasteiger partial charge in [0.1, 0.15) is 5.03 Å². The Labute approximate surface area is 115 Å². The average molecular weight is 287 g/mol. The molecular weight excluding hydrogens is 270 g/mol. The molecule has 0 radical (unpaired) electrons. The van der Waals surface area contributed by atoms with Crippen LogP contribution in [0.5, 0.6) is 0 Å². The van der Waals surface area contributed by atoms with E-state index in [-0.39, 0.29) is 22.8 Å². The number of hydrogen-bond acceptors (Lipinski definition) is 5. The van der Waals surface area contributed by atoms with E-state index in [9.17, 15) is 19.5 Å². The van der Waals surface area contributed by atoms with Crippen molar-refractivity contribution >= 4 is 29.6 Å². The zero-order valence-electron chi connectivity index (χ0n) is 11.1. The van der Waals surface area contributed by atoms with Crippen molar-refractivity contribution in [3.63, 3.8) is 0 Å². The van der Waals surface area contributed by atoms with Gasteiger partial charge in [0.2, 0.25) is 5.91 Å². The second kappa shape index (κ2) is 6.60. The smallest absolute Gasteiger partial charge is 0.348 e. The van der Waals surface area contributed by atoms with Gasteiger partial charge in [-0.2, -0.15) is 0 Å². The highest BCUT2D eigenvalue weighted by molar-refractivity contribution is 8.04. The molecule has 0 aliphatic carbocycles. The third-order valence-electron chi connectivity index (χ3n) is 2.71.